The molecule has 2 heterocycles. The largest absolute Gasteiger partial charge is 0.496 e. The number of methoxy groups -OCH3 is 1. The van der Waals surface area contributed by atoms with Crippen molar-refractivity contribution in [3.63, 3.8) is 0 Å². The number of hydrogen-bond acceptors (Lipinski definition) is 7. The highest BCUT2D eigenvalue weighted by Crippen LogP contribution is 2.32. The Morgan fingerprint density at radius 2 is 1.93 bits per heavy atom. The van der Waals surface area contributed by atoms with Crippen LogP contribution >= 0.6 is 22.6 Å². The molecule has 2 aromatic carbocycles. The number of benzene rings is 2. The van der Waals surface area contributed by atoms with Gasteiger partial charge in [-0.2, -0.15) is 12.7 Å². The number of halogens is 1. The van der Waals surface area contributed by atoms with E-state index in [1.165, 1.54) is 5.56 Å². The topological polar surface area (TPSA) is 125 Å². The highest BCUT2D eigenvalue weighted by Gasteiger charge is 2.32. The van der Waals surface area contributed by atoms with E-state index in [2.05, 4.69) is 53.6 Å². The summed E-state index contributed by atoms with van der Waals surface area (Å²) in [5.41, 5.74) is 4.36. The molecule has 1 fully saturated rings. The van der Waals surface area contributed by atoms with E-state index in [1.54, 1.807) is 24.2 Å². The maximum Gasteiger partial charge on any atom is 0.304 e. The third-order valence-electron chi connectivity index (χ3n) is 7.46. The summed E-state index contributed by atoms with van der Waals surface area (Å²) in [4.78, 5) is 44.4. The fraction of sp³-hybridized carbons (Fsp3) is 0.419. The van der Waals surface area contributed by atoms with E-state index < -0.39 is 16.1 Å². The summed E-state index contributed by atoms with van der Waals surface area (Å²) in [6, 6.07) is 13.8. The summed E-state index contributed by atoms with van der Waals surface area (Å²) < 4.78 is 34.5. The minimum atomic E-state index is -4.16. The minimum absolute atomic E-state index is 0.0315. The van der Waals surface area contributed by atoms with Gasteiger partial charge in [-0.25, -0.2) is 4.72 Å². The molecule has 43 heavy (non-hydrogen) atoms. The Bertz CT molecular complexity index is 1540. The minimum Gasteiger partial charge on any atom is -0.496 e. The fourth-order valence-electron chi connectivity index (χ4n) is 5.17. The molecule has 0 aliphatic carbocycles. The molecular formula is C31H37IN4O6S. The highest BCUT2D eigenvalue weighted by atomic mass is 127. The van der Waals surface area contributed by atoms with Gasteiger partial charge < -0.3 is 9.64 Å². The average Bonchev–Trinajstić information content (AvgIpc) is 3.65. The second-order valence-corrected chi connectivity index (χ2v) is 13.3. The number of aryl methyl sites for hydroxylation is 1. The molecule has 0 unspecified atom stereocenters. The maximum absolute atomic E-state index is 14.0. The summed E-state index contributed by atoms with van der Waals surface area (Å²) in [5.74, 6) is -0.366. The van der Waals surface area contributed by atoms with Crippen molar-refractivity contribution in [2.75, 3.05) is 33.3 Å². The Kier molecular flexibility index (Phi) is 11.1. The summed E-state index contributed by atoms with van der Waals surface area (Å²) >= 11 is 2.30. The number of amides is 2. The van der Waals surface area contributed by atoms with Gasteiger partial charge >= 0.3 is 10.2 Å². The van der Waals surface area contributed by atoms with Crippen LogP contribution in [0.3, 0.4) is 0 Å². The number of alkyl halides is 1. The number of carbonyl (C=O) groups is 3. The van der Waals surface area contributed by atoms with Crippen LogP contribution in [0.2, 0.25) is 0 Å². The van der Waals surface area contributed by atoms with Crippen molar-refractivity contribution in [1.29, 1.82) is 0 Å². The first-order valence-electron chi connectivity index (χ1n) is 14.2. The number of aliphatic imine (C=N–C) groups is 1. The zero-order valence-electron chi connectivity index (χ0n) is 24.6. The Hall–Kier alpha value is -3.10. The molecule has 12 heteroatoms. The number of nitrogens with zero attached hydrogens (tertiary/aromatic N) is 3. The Morgan fingerprint density at radius 1 is 1.19 bits per heavy atom. The predicted octanol–water partition coefficient (Wildman–Crippen LogP) is 4.19. The van der Waals surface area contributed by atoms with Crippen molar-refractivity contribution in [3.8, 4) is 5.75 Å². The van der Waals surface area contributed by atoms with E-state index >= 15 is 0 Å². The molecule has 10 nitrogen and oxygen atoms in total. The van der Waals surface area contributed by atoms with Crippen molar-refractivity contribution in [3.05, 3.63) is 76.5 Å². The van der Waals surface area contributed by atoms with E-state index in [0.29, 0.717) is 30.0 Å². The van der Waals surface area contributed by atoms with Crippen molar-refractivity contribution in [2.45, 2.75) is 49.9 Å². The van der Waals surface area contributed by atoms with Gasteiger partial charge in [-0.15, -0.1) is 0 Å². The van der Waals surface area contributed by atoms with Crippen molar-refractivity contribution in [1.82, 2.24) is 13.9 Å². The van der Waals surface area contributed by atoms with Gasteiger partial charge in [0.05, 0.1) is 20.2 Å². The van der Waals surface area contributed by atoms with E-state index in [4.69, 9.17) is 4.74 Å². The molecule has 2 aliphatic rings. The van der Waals surface area contributed by atoms with Gasteiger partial charge in [-0.1, -0.05) is 66.8 Å². The monoisotopic (exact) mass is 720 g/mol. The summed E-state index contributed by atoms with van der Waals surface area (Å²) in [7, 11) is -2.55. The second-order valence-electron chi connectivity index (χ2n) is 10.9. The second kappa shape index (κ2) is 14.6. The van der Waals surface area contributed by atoms with Crippen molar-refractivity contribution < 1.29 is 27.5 Å². The van der Waals surface area contributed by atoms with E-state index in [1.807, 2.05) is 29.0 Å². The average molecular weight is 721 g/mol. The van der Waals surface area contributed by atoms with Crippen LogP contribution in [0, 0.1) is 0 Å². The van der Waals surface area contributed by atoms with Crippen LogP contribution in [-0.2, 0) is 30.6 Å². The highest BCUT2D eigenvalue weighted by molar-refractivity contribution is 14.1. The lowest BCUT2D eigenvalue weighted by atomic mass is 9.94. The molecule has 0 aromatic heterocycles. The lowest BCUT2D eigenvalue weighted by Crippen LogP contribution is -2.42. The lowest BCUT2D eigenvalue weighted by Gasteiger charge is -2.25. The Morgan fingerprint density at radius 3 is 2.56 bits per heavy atom. The molecule has 0 radical (unpaired) electrons. The van der Waals surface area contributed by atoms with Crippen LogP contribution in [0.15, 0.2) is 59.2 Å². The predicted molar refractivity (Wildman–Crippen MR) is 174 cm³/mol. The molecule has 0 spiro atoms. The molecule has 2 amide bonds. The van der Waals surface area contributed by atoms with Crippen molar-refractivity contribution >= 4 is 56.1 Å². The number of rotatable bonds is 13. The van der Waals surface area contributed by atoms with Crippen LogP contribution in [0.25, 0.3) is 0 Å². The number of hydrogen-bond donors (Lipinski definition) is 1. The molecule has 2 aliphatic heterocycles. The molecule has 1 N–H and O–H groups in total. The van der Waals surface area contributed by atoms with E-state index in [0.717, 1.165) is 32.7 Å². The smallest absolute Gasteiger partial charge is 0.304 e. The summed E-state index contributed by atoms with van der Waals surface area (Å²) in [5, 5.41) is 0. The Labute approximate surface area is 266 Å². The SMILES string of the molecule is COc1cc(C(=O)N(CCCc2ccccc2)CC2=NC(C(=O)NS(=O)(=O)N3CCC(=O)C3)=CC2)cc(C(C)C)c1CI. The Balaban J connectivity index is 1.53. The molecule has 1 saturated heterocycles. The van der Waals surface area contributed by atoms with Crippen LogP contribution in [0.4, 0.5) is 0 Å². The van der Waals surface area contributed by atoms with Gasteiger partial charge in [0, 0.05) is 47.2 Å². The van der Waals surface area contributed by atoms with Gasteiger partial charge in [-0.05, 0) is 48.1 Å². The number of ketones is 1. The lowest BCUT2D eigenvalue weighted by molar-refractivity contribution is -0.117. The first kappa shape index (κ1) is 32.8. The first-order valence-corrected chi connectivity index (χ1v) is 17.2. The molecular weight excluding hydrogens is 683 g/mol. The fourth-order valence-corrected chi connectivity index (χ4v) is 7.10. The number of nitrogens with one attached hydrogen (secondary N) is 1. The number of Topliss-reactive ketones (excluding diaryl/α,β-unsaturated/α-hetero) is 1. The zero-order chi connectivity index (χ0) is 31.1. The molecule has 230 valence electrons. The van der Waals surface area contributed by atoms with Gasteiger partial charge in [0.1, 0.15) is 17.2 Å². The van der Waals surface area contributed by atoms with Crippen molar-refractivity contribution in [2.24, 2.45) is 4.99 Å². The standard InChI is InChI=1S/C31H37IN4O6S/c1-21(2)26-16-23(17-29(42-3)27(26)18-32)31(39)35(14-7-10-22-8-5-4-6-9-22)19-24-11-12-28(33-24)30(38)34-43(40,41)36-15-13-25(37)20-36/h4-6,8-9,12,16-17,21H,7,10-11,13-15,18-20H2,1-3H3,(H,34,38). The summed E-state index contributed by atoms with van der Waals surface area (Å²) in [6.45, 7) is 4.60. The molecule has 4 rings (SSSR count). The third kappa shape index (κ3) is 8.30. The molecule has 2 aromatic rings. The van der Waals surface area contributed by atoms with Gasteiger partial charge in [0.2, 0.25) is 0 Å². The number of carbonyl (C=O) groups excluding carboxylic acids is 3. The molecule has 0 atom stereocenters. The summed E-state index contributed by atoms with van der Waals surface area (Å²) in [6.07, 6.45) is 3.49. The normalized spacial score (nSPS) is 15.4. The quantitative estimate of drug-likeness (QED) is 0.245. The van der Waals surface area contributed by atoms with E-state index in [-0.39, 0.29) is 49.4 Å². The van der Waals surface area contributed by atoms with Gasteiger partial charge in [0.25, 0.3) is 11.8 Å². The molecule has 0 bridgehead atoms. The molecule has 0 saturated carbocycles. The van der Waals surface area contributed by atoms with Crippen LogP contribution in [0.5, 0.6) is 5.75 Å². The van der Waals surface area contributed by atoms with Crippen LogP contribution in [-0.4, -0.2) is 74.2 Å². The van der Waals surface area contributed by atoms with Crippen LogP contribution < -0.4 is 9.46 Å². The van der Waals surface area contributed by atoms with E-state index in [9.17, 15) is 22.8 Å². The third-order valence-corrected chi connectivity index (χ3v) is 9.66. The zero-order valence-corrected chi connectivity index (χ0v) is 27.6. The number of allylic oxidation sites excluding steroid dienone is 1. The van der Waals surface area contributed by atoms with Crippen LogP contribution in [0.1, 0.15) is 66.1 Å². The van der Waals surface area contributed by atoms with Gasteiger partial charge in [-0.3, -0.25) is 19.4 Å². The maximum atomic E-state index is 14.0. The first-order chi connectivity index (χ1) is 20.5. The van der Waals surface area contributed by atoms with Gasteiger partial charge in [0.15, 0.2) is 0 Å². The number of ether oxygens (including phenoxy) is 1.